The summed E-state index contributed by atoms with van der Waals surface area (Å²) in [6.07, 6.45) is 2.30. The molecule has 16 heavy (non-hydrogen) atoms. The molecule has 0 aliphatic carbocycles. The highest BCUT2D eigenvalue weighted by Crippen LogP contribution is 2.31. The molecule has 0 spiro atoms. The number of benzene rings is 1. The fraction of sp³-hybridized carbons (Fsp3) is 0.571. The Morgan fingerprint density at radius 3 is 2.19 bits per heavy atom. The summed E-state index contributed by atoms with van der Waals surface area (Å²) in [6, 6.07) is 10.5. The van der Waals surface area contributed by atoms with Crippen molar-refractivity contribution in [2.45, 2.75) is 51.6 Å². The van der Waals surface area contributed by atoms with Gasteiger partial charge in [-0.3, -0.25) is 0 Å². The lowest BCUT2D eigenvalue weighted by atomic mass is 10.1. The third-order valence-electron chi connectivity index (χ3n) is 3.24. The maximum atomic E-state index is 5.86. The number of hydrogen-bond donors (Lipinski definition) is 0. The molecule has 0 aromatic heterocycles. The van der Waals surface area contributed by atoms with E-state index in [0.717, 1.165) is 12.8 Å². The molecule has 88 valence electrons. The van der Waals surface area contributed by atoms with Crippen molar-refractivity contribution in [2.24, 2.45) is 0 Å². The molecule has 0 bridgehead atoms. The van der Waals surface area contributed by atoms with E-state index in [9.17, 15) is 0 Å². The summed E-state index contributed by atoms with van der Waals surface area (Å²) < 4.78 is 11.7. The van der Waals surface area contributed by atoms with Gasteiger partial charge in [-0.05, 0) is 32.8 Å². The zero-order valence-electron chi connectivity index (χ0n) is 10.3. The third-order valence-corrected chi connectivity index (χ3v) is 3.24. The molecule has 1 fully saturated rings. The van der Waals surface area contributed by atoms with E-state index in [-0.39, 0.29) is 12.2 Å². The molecule has 2 nitrogen and oxygen atoms in total. The zero-order valence-corrected chi connectivity index (χ0v) is 10.3. The van der Waals surface area contributed by atoms with E-state index in [4.69, 9.17) is 9.47 Å². The van der Waals surface area contributed by atoms with Gasteiger partial charge in [-0.25, -0.2) is 0 Å². The van der Waals surface area contributed by atoms with Crippen LogP contribution in [-0.4, -0.2) is 18.0 Å². The molecule has 0 radical (unpaired) electrons. The second-order valence-electron chi connectivity index (χ2n) is 4.77. The Labute approximate surface area is 97.6 Å². The van der Waals surface area contributed by atoms with Gasteiger partial charge in [-0.2, -0.15) is 0 Å². The largest absolute Gasteiger partial charge is 0.345 e. The quantitative estimate of drug-likeness (QED) is 0.779. The van der Waals surface area contributed by atoms with Crippen LogP contribution in [0.3, 0.4) is 0 Å². The Bertz CT molecular complexity index is 324. The van der Waals surface area contributed by atoms with Crippen LogP contribution < -0.4 is 0 Å². The van der Waals surface area contributed by atoms with Gasteiger partial charge in [-0.1, -0.05) is 30.3 Å². The first-order chi connectivity index (χ1) is 7.59. The Balaban J connectivity index is 1.91. The molecule has 2 rings (SSSR count). The molecule has 1 unspecified atom stereocenters. The second-order valence-corrected chi connectivity index (χ2v) is 4.77. The Kier molecular flexibility index (Phi) is 3.31. The highest BCUT2D eigenvalue weighted by Gasteiger charge is 2.39. The summed E-state index contributed by atoms with van der Waals surface area (Å²) in [7, 11) is 0. The van der Waals surface area contributed by atoms with Crippen molar-refractivity contribution in [1.29, 1.82) is 0 Å². The summed E-state index contributed by atoms with van der Waals surface area (Å²) in [5.74, 6) is -0.408. The van der Waals surface area contributed by atoms with Crippen LogP contribution in [0.25, 0.3) is 0 Å². The fourth-order valence-electron chi connectivity index (χ4n) is 2.14. The van der Waals surface area contributed by atoms with E-state index in [2.05, 4.69) is 38.1 Å². The van der Waals surface area contributed by atoms with Gasteiger partial charge in [0, 0.05) is 6.42 Å². The molecule has 1 saturated heterocycles. The predicted molar refractivity (Wildman–Crippen MR) is 64.3 cm³/mol. The number of hydrogen-bond acceptors (Lipinski definition) is 2. The zero-order chi connectivity index (χ0) is 11.6. The lowest BCUT2D eigenvalue weighted by molar-refractivity contribution is -0.162. The van der Waals surface area contributed by atoms with Gasteiger partial charge in [0.1, 0.15) is 0 Å². The molecule has 0 N–H and O–H groups in total. The molecule has 1 aromatic rings. The van der Waals surface area contributed by atoms with Crippen LogP contribution in [0, 0.1) is 0 Å². The van der Waals surface area contributed by atoms with Gasteiger partial charge >= 0.3 is 0 Å². The van der Waals surface area contributed by atoms with Crippen LogP contribution in [0.5, 0.6) is 0 Å². The molecule has 1 aliphatic rings. The third kappa shape index (κ3) is 2.63. The molecule has 1 heterocycles. The Hall–Kier alpha value is -0.860. The summed E-state index contributed by atoms with van der Waals surface area (Å²) in [4.78, 5) is 0. The van der Waals surface area contributed by atoms with Crippen LogP contribution >= 0.6 is 0 Å². The van der Waals surface area contributed by atoms with Gasteiger partial charge in [0.05, 0.1) is 12.2 Å². The van der Waals surface area contributed by atoms with Crippen molar-refractivity contribution in [3.05, 3.63) is 35.9 Å². The van der Waals surface area contributed by atoms with Crippen LogP contribution in [0.15, 0.2) is 30.3 Å². The van der Waals surface area contributed by atoms with Gasteiger partial charge in [0.25, 0.3) is 0 Å². The average molecular weight is 220 g/mol. The first kappa shape index (κ1) is 11.6. The van der Waals surface area contributed by atoms with Crippen LogP contribution in [0.2, 0.25) is 0 Å². The molecule has 2 heteroatoms. The van der Waals surface area contributed by atoms with Crippen molar-refractivity contribution in [1.82, 2.24) is 0 Å². The molecule has 1 aromatic carbocycles. The van der Waals surface area contributed by atoms with E-state index >= 15 is 0 Å². The lowest BCUT2D eigenvalue weighted by Gasteiger charge is -2.23. The molecule has 1 aliphatic heterocycles. The van der Waals surface area contributed by atoms with Crippen LogP contribution in [-0.2, 0) is 15.9 Å². The SMILES string of the molecule is C[C@@H]1OC(C)(CCc2ccccc2)O[C@@H]1C. The summed E-state index contributed by atoms with van der Waals surface area (Å²) in [5, 5.41) is 0. The minimum atomic E-state index is -0.408. The Morgan fingerprint density at radius 1 is 1.06 bits per heavy atom. The molecule has 0 saturated carbocycles. The monoisotopic (exact) mass is 220 g/mol. The standard InChI is InChI=1S/C14H20O2/c1-11-12(2)16-14(3,15-11)10-9-13-7-5-4-6-8-13/h4-8,11-12H,9-10H2,1-3H3/t11-,12+,14?. The number of aryl methyl sites for hydroxylation is 1. The lowest BCUT2D eigenvalue weighted by Crippen LogP contribution is -2.27. The predicted octanol–water partition coefficient (Wildman–Crippen LogP) is 3.16. The topological polar surface area (TPSA) is 18.5 Å². The fourth-order valence-corrected chi connectivity index (χ4v) is 2.14. The highest BCUT2D eigenvalue weighted by atomic mass is 16.7. The summed E-state index contributed by atoms with van der Waals surface area (Å²) in [5.41, 5.74) is 1.34. The van der Waals surface area contributed by atoms with Crippen LogP contribution in [0.4, 0.5) is 0 Å². The first-order valence-corrected chi connectivity index (χ1v) is 5.99. The van der Waals surface area contributed by atoms with Crippen LogP contribution in [0.1, 0.15) is 32.8 Å². The van der Waals surface area contributed by atoms with E-state index < -0.39 is 5.79 Å². The minimum absolute atomic E-state index is 0.195. The molecule has 3 atom stereocenters. The first-order valence-electron chi connectivity index (χ1n) is 5.99. The number of ether oxygens (including phenoxy) is 2. The van der Waals surface area contributed by atoms with Gasteiger partial charge < -0.3 is 9.47 Å². The van der Waals surface area contributed by atoms with E-state index in [1.165, 1.54) is 5.56 Å². The van der Waals surface area contributed by atoms with E-state index in [0.29, 0.717) is 0 Å². The number of rotatable bonds is 3. The second kappa shape index (κ2) is 4.56. The minimum Gasteiger partial charge on any atom is -0.345 e. The van der Waals surface area contributed by atoms with Gasteiger partial charge in [0.2, 0.25) is 0 Å². The smallest absolute Gasteiger partial charge is 0.166 e. The van der Waals surface area contributed by atoms with Crippen molar-refractivity contribution in [3.8, 4) is 0 Å². The normalized spacial score (nSPS) is 34.2. The molecular weight excluding hydrogens is 200 g/mol. The van der Waals surface area contributed by atoms with E-state index in [1.807, 2.05) is 13.0 Å². The molecular formula is C14H20O2. The van der Waals surface area contributed by atoms with Crippen molar-refractivity contribution in [2.75, 3.05) is 0 Å². The van der Waals surface area contributed by atoms with Gasteiger partial charge in [-0.15, -0.1) is 0 Å². The highest BCUT2D eigenvalue weighted by molar-refractivity contribution is 5.14. The van der Waals surface area contributed by atoms with Gasteiger partial charge in [0.15, 0.2) is 5.79 Å². The van der Waals surface area contributed by atoms with Crippen molar-refractivity contribution in [3.63, 3.8) is 0 Å². The van der Waals surface area contributed by atoms with Crippen molar-refractivity contribution < 1.29 is 9.47 Å². The maximum absolute atomic E-state index is 5.86. The Morgan fingerprint density at radius 2 is 1.62 bits per heavy atom. The summed E-state index contributed by atoms with van der Waals surface area (Å²) in [6.45, 7) is 6.17. The van der Waals surface area contributed by atoms with Crippen molar-refractivity contribution >= 4 is 0 Å². The average Bonchev–Trinajstić information content (AvgIpc) is 2.53. The van der Waals surface area contributed by atoms with E-state index in [1.54, 1.807) is 0 Å². The molecule has 0 amide bonds. The maximum Gasteiger partial charge on any atom is 0.166 e. The summed E-state index contributed by atoms with van der Waals surface area (Å²) >= 11 is 0.